The van der Waals surface area contributed by atoms with Gasteiger partial charge < -0.3 is 0 Å². The van der Waals surface area contributed by atoms with Gasteiger partial charge in [-0.3, -0.25) is 0 Å². The van der Waals surface area contributed by atoms with Gasteiger partial charge in [0.15, 0.2) is 0 Å². The van der Waals surface area contributed by atoms with Crippen LogP contribution in [0.1, 0.15) is 38.5 Å². The van der Waals surface area contributed by atoms with Gasteiger partial charge in [0, 0.05) is 0 Å². The van der Waals surface area contributed by atoms with Crippen LogP contribution in [0.2, 0.25) is 0 Å². The Bertz CT molecular complexity index is 933. The fraction of sp³-hybridized carbons (Fsp3) is 0.345. The van der Waals surface area contributed by atoms with Gasteiger partial charge >= 0.3 is 0 Å². The third-order valence-corrected chi connectivity index (χ3v) is 12.3. The van der Waals surface area contributed by atoms with Crippen molar-refractivity contribution in [1.82, 2.24) is 0 Å². The zero-order chi connectivity index (χ0) is 20.0. The van der Waals surface area contributed by atoms with E-state index in [2.05, 4.69) is 96.8 Å². The van der Waals surface area contributed by atoms with Crippen molar-refractivity contribution in [1.29, 1.82) is 0 Å². The molecule has 4 bridgehead atoms. The normalized spacial score (nSPS) is 28.7. The molecule has 7 rings (SSSR count). The number of halogens is 1. The molecule has 0 saturated heterocycles. The van der Waals surface area contributed by atoms with Crippen LogP contribution in [0.3, 0.4) is 0 Å². The summed E-state index contributed by atoms with van der Waals surface area (Å²) < 4.78 is 0. The summed E-state index contributed by atoms with van der Waals surface area (Å²) in [5.41, 5.74) is 0.421. The molecule has 0 aliphatic heterocycles. The second-order valence-corrected chi connectivity index (χ2v) is 13.4. The maximum Gasteiger partial charge on any atom is -0.00969 e. The Morgan fingerprint density at radius 1 is 0.548 bits per heavy atom. The van der Waals surface area contributed by atoms with Gasteiger partial charge in [0.1, 0.15) is 0 Å². The molecule has 4 aliphatic carbocycles. The molecule has 160 valence electrons. The van der Waals surface area contributed by atoms with Crippen LogP contribution >= 0.6 is 23.9 Å². The summed E-state index contributed by atoms with van der Waals surface area (Å²) in [7, 11) is 0. The first-order chi connectivity index (χ1) is 14.8. The Kier molecular flexibility index (Phi) is 5.78. The smallest absolute Gasteiger partial charge is 0.00969 e. The maximum atomic E-state index is 2.95. The predicted octanol–water partition coefficient (Wildman–Crippen LogP) is 6.58. The highest BCUT2D eigenvalue weighted by Gasteiger charge is 2.51. The predicted molar refractivity (Wildman–Crippen MR) is 142 cm³/mol. The van der Waals surface area contributed by atoms with Crippen molar-refractivity contribution in [3.05, 3.63) is 91.0 Å². The topological polar surface area (TPSA) is 0 Å². The standard InChI is InChI=1S/C29H31P.BrH/c1-4-10-26(11-5-1)30(27-12-6-2-7-13-27,28-14-8-3-9-15-28)22-29-19-23-16-24(20-29)18-25(17-23)21-29;/h1-15,22-25H,16-21H2;1H. The van der Waals surface area contributed by atoms with Crippen LogP contribution in [0, 0.1) is 23.2 Å². The van der Waals surface area contributed by atoms with Gasteiger partial charge in [0.25, 0.3) is 0 Å². The summed E-state index contributed by atoms with van der Waals surface area (Å²) in [6.07, 6.45) is 8.77. The second-order valence-electron chi connectivity index (χ2n) is 10.1. The highest BCUT2D eigenvalue weighted by Crippen LogP contribution is 2.62. The lowest BCUT2D eigenvalue weighted by Crippen LogP contribution is -2.48. The Morgan fingerprint density at radius 3 is 1.19 bits per heavy atom. The molecular weight excluding hydrogens is 459 g/mol. The third kappa shape index (κ3) is 3.69. The van der Waals surface area contributed by atoms with E-state index >= 15 is 0 Å². The van der Waals surface area contributed by atoms with Crippen LogP contribution in [0.25, 0.3) is 0 Å². The fourth-order valence-electron chi connectivity index (χ4n) is 7.41. The highest BCUT2D eigenvalue weighted by atomic mass is 79.9. The Hall–Kier alpha value is -1.56. The minimum Gasteiger partial charge on any atom is -0.114 e. The van der Waals surface area contributed by atoms with Crippen LogP contribution in [-0.2, 0) is 0 Å². The largest absolute Gasteiger partial charge is 0.114 e. The van der Waals surface area contributed by atoms with Crippen LogP contribution in [-0.4, -0.2) is 5.80 Å². The molecule has 0 spiro atoms. The number of hydrogen-bond donors (Lipinski definition) is 0. The van der Waals surface area contributed by atoms with Gasteiger partial charge in [-0.05, 0) is 84.5 Å². The molecule has 3 aromatic rings. The summed E-state index contributed by atoms with van der Waals surface area (Å²) in [5.74, 6) is 5.86. The van der Waals surface area contributed by atoms with E-state index in [1.54, 1.807) is 0 Å². The lowest BCUT2D eigenvalue weighted by Gasteiger charge is -2.56. The van der Waals surface area contributed by atoms with E-state index in [4.69, 9.17) is 0 Å². The molecule has 31 heavy (non-hydrogen) atoms. The second kappa shape index (κ2) is 8.42. The van der Waals surface area contributed by atoms with E-state index in [-0.39, 0.29) is 17.0 Å². The number of benzene rings is 3. The van der Waals surface area contributed by atoms with Crippen molar-refractivity contribution >= 4 is 45.6 Å². The van der Waals surface area contributed by atoms with Crippen molar-refractivity contribution < 1.29 is 0 Å². The maximum absolute atomic E-state index is 2.95. The van der Waals surface area contributed by atoms with Gasteiger partial charge in [-0.2, -0.15) is 0 Å². The minimum atomic E-state index is -1.83. The lowest BCUT2D eigenvalue weighted by molar-refractivity contribution is -0.00858. The zero-order valence-electron chi connectivity index (χ0n) is 18.1. The first kappa shape index (κ1) is 21.3. The third-order valence-electron chi connectivity index (χ3n) is 8.04. The lowest BCUT2D eigenvalue weighted by atomic mass is 9.50. The van der Waals surface area contributed by atoms with Gasteiger partial charge in [-0.25, -0.2) is 0 Å². The van der Waals surface area contributed by atoms with Crippen molar-refractivity contribution in [3.63, 3.8) is 0 Å². The summed E-state index contributed by atoms with van der Waals surface area (Å²) in [6.45, 7) is -1.83. The molecule has 0 amide bonds. The first-order valence-corrected chi connectivity index (χ1v) is 13.5. The molecule has 4 aliphatic rings. The van der Waals surface area contributed by atoms with Gasteiger partial charge in [-0.15, -0.1) is 17.0 Å². The summed E-state index contributed by atoms with van der Waals surface area (Å²) in [6, 6.07) is 34.3. The average molecular weight is 491 g/mol. The first-order valence-electron chi connectivity index (χ1n) is 11.7. The summed E-state index contributed by atoms with van der Waals surface area (Å²) in [4.78, 5) is 0. The van der Waals surface area contributed by atoms with Crippen molar-refractivity contribution in [2.45, 2.75) is 38.5 Å². The Morgan fingerprint density at radius 2 is 0.871 bits per heavy atom. The van der Waals surface area contributed by atoms with Crippen LogP contribution < -0.4 is 15.9 Å². The number of rotatable bonds is 4. The molecule has 0 unspecified atom stereocenters. The Labute approximate surface area is 197 Å². The van der Waals surface area contributed by atoms with Crippen LogP contribution in [0.5, 0.6) is 0 Å². The molecule has 0 N–H and O–H groups in total. The number of hydrogen-bond acceptors (Lipinski definition) is 0. The van der Waals surface area contributed by atoms with Crippen molar-refractivity contribution in [3.8, 4) is 0 Å². The van der Waals surface area contributed by atoms with Gasteiger partial charge in [-0.1, -0.05) is 96.8 Å². The van der Waals surface area contributed by atoms with E-state index in [1.165, 1.54) is 54.4 Å². The van der Waals surface area contributed by atoms with Crippen LogP contribution in [0.4, 0.5) is 0 Å². The fourth-order valence-corrected chi connectivity index (χ4v) is 11.8. The molecule has 0 aromatic heterocycles. The van der Waals surface area contributed by atoms with E-state index in [0.29, 0.717) is 5.41 Å². The molecule has 0 nitrogen and oxygen atoms in total. The summed E-state index contributed by atoms with van der Waals surface area (Å²) >= 11 is 0. The van der Waals surface area contributed by atoms with Gasteiger partial charge in [0.2, 0.25) is 0 Å². The highest BCUT2D eigenvalue weighted by molar-refractivity contribution is 8.93. The van der Waals surface area contributed by atoms with Gasteiger partial charge in [0.05, 0.1) is 0 Å². The van der Waals surface area contributed by atoms with Crippen molar-refractivity contribution in [2.24, 2.45) is 23.2 Å². The summed E-state index contributed by atoms with van der Waals surface area (Å²) in [5, 5.41) is 4.54. The molecule has 4 saturated carbocycles. The SMILES string of the molecule is Br.C(C12CC3CC(CC(C3)C1)C2)=P(c1ccccc1)(c1ccccc1)c1ccccc1. The molecule has 4 fully saturated rings. The van der Waals surface area contributed by atoms with Crippen molar-refractivity contribution in [2.75, 3.05) is 0 Å². The molecule has 0 atom stereocenters. The molecular formula is C29H32BrP. The molecule has 0 heterocycles. The quantitative estimate of drug-likeness (QED) is 0.362. The molecule has 0 radical (unpaired) electrons. The average Bonchev–Trinajstić information content (AvgIpc) is 2.78. The van der Waals surface area contributed by atoms with E-state index in [9.17, 15) is 0 Å². The monoisotopic (exact) mass is 490 g/mol. The molecule has 3 aromatic carbocycles. The van der Waals surface area contributed by atoms with Crippen LogP contribution in [0.15, 0.2) is 91.0 Å². The van der Waals surface area contributed by atoms with E-state index in [1.807, 2.05) is 0 Å². The Balaban J connectivity index is 0.00000204. The zero-order valence-corrected chi connectivity index (χ0v) is 20.7. The molecule has 2 heteroatoms. The van der Waals surface area contributed by atoms with E-state index in [0.717, 1.165) is 17.8 Å². The minimum absolute atomic E-state index is 0. The van der Waals surface area contributed by atoms with E-state index < -0.39 is 6.89 Å².